The normalized spacial score (nSPS) is 11.5. The summed E-state index contributed by atoms with van der Waals surface area (Å²) in [5.41, 5.74) is 2.97. The van der Waals surface area contributed by atoms with Crippen molar-refractivity contribution in [3.8, 4) is 0 Å². The molecule has 0 spiro atoms. The molecule has 0 bridgehead atoms. The summed E-state index contributed by atoms with van der Waals surface area (Å²) in [6.45, 7) is 0. The van der Waals surface area contributed by atoms with Gasteiger partial charge in [0.15, 0.2) is 0 Å². The fraction of sp³-hybridized carbons (Fsp3) is 0. The van der Waals surface area contributed by atoms with Crippen molar-refractivity contribution in [2.45, 2.75) is 0 Å². The maximum absolute atomic E-state index is 12.2. The number of hydrogen-bond donors (Lipinski definition) is 1. The van der Waals surface area contributed by atoms with Crippen LogP contribution in [0.1, 0.15) is 5.56 Å². The van der Waals surface area contributed by atoms with Crippen LogP contribution < -0.4 is 5.32 Å². The Balaban J connectivity index is 1.63. The number of carbonyl (C=O) groups is 1. The second-order valence-electron chi connectivity index (χ2n) is 5.44. The van der Waals surface area contributed by atoms with Crippen molar-refractivity contribution in [3.63, 3.8) is 0 Å². The van der Waals surface area contributed by atoms with Crippen LogP contribution >= 0.6 is 11.6 Å². The maximum atomic E-state index is 12.2. The molecule has 3 aromatic carbocycles. The third kappa shape index (κ3) is 5.13. The Labute approximate surface area is 156 Å². The smallest absolute Gasteiger partial charge is 0.267 e. The molecule has 0 saturated carbocycles. The molecule has 0 unspecified atom stereocenters. The monoisotopic (exact) mass is 361 g/mol. The highest BCUT2D eigenvalue weighted by molar-refractivity contribution is 6.45. The molecule has 5 heteroatoms. The quantitative estimate of drug-likeness (QED) is 0.419. The van der Waals surface area contributed by atoms with Gasteiger partial charge in [-0.25, -0.2) is 0 Å². The SMILES string of the molecule is O=C(Nc1ccc(N=Nc2ccccc2)cc1)/C(Cl)=C/c1ccccc1. The van der Waals surface area contributed by atoms with Crippen LogP contribution in [0.3, 0.4) is 0 Å². The zero-order chi connectivity index (χ0) is 18.2. The van der Waals surface area contributed by atoms with Gasteiger partial charge in [0.2, 0.25) is 0 Å². The molecule has 0 fully saturated rings. The molecular weight excluding hydrogens is 346 g/mol. The van der Waals surface area contributed by atoms with E-state index < -0.39 is 0 Å². The lowest BCUT2D eigenvalue weighted by molar-refractivity contribution is -0.112. The van der Waals surface area contributed by atoms with Gasteiger partial charge in [0.25, 0.3) is 5.91 Å². The van der Waals surface area contributed by atoms with Crippen LogP contribution in [0.2, 0.25) is 0 Å². The molecule has 0 aliphatic heterocycles. The third-order valence-electron chi connectivity index (χ3n) is 3.47. The van der Waals surface area contributed by atoms with Crippen molar-refractivity contribution >= 4 is 40.6 Å². The van der Waals surface area contributed by atoms with Crippen molar-refractivity contribution < 1.29 is 4.79 Å². The number of nitrogens with zero attached hydrogens (tertiary/aromatic N) is 2. The summed E-state index contributed by atoms with van der Waals surface area (Å²) in [7, 11) is 0. The van der Waals surface area contributed by atoms with E-state index in [1.165, 1.54) is 0 Å². The van der Waals surface area contributed by atoms with Gasteiger partial charge in [-0.2, -0.15) is 10.2 Å². The topological polar surface area (TPSA) is 53.8 Å². The predicted octanol–water partition coefficient (Wildman–Crippen LogP) is 6.32. The molecule has 0 saturated heterocycles. The van der Waals surface area contributed by atoms with E-state index in [1.807, 2.05) is 60.7 Å². The van der Waals surface area contributed by atoms with Crippen molar-refractivity contribution in [2.75, 3.05) is 5.32 Å². The van der Waals surface area contributed by atoms with Gasteiger partial charge in [0.1, 0.15) is 5.03 Å². The standard InChI is InChI=1S/C21H16ClN3O/c22-20(15-16-7-3-1-4-8-16)21(26)23-17-11-13-19(14-12-17)25-24-18-9-5-2-6-10-18/h1-15H,(H,23,26)/b20-15-,25-24?. The summed E-state index contributed by atoms with van der Waals surface area (Å²) in [6.07, 6.45) is 1.62. The van der Waals surface area contributed by atoms with E-state index in [0.717, 1.165) is 11.3 Å². The van der Waals surface area contributed by atoms with E-state index in [0.29, 0.717) is 11.4 Å². The average molecular weight is 362 g/mol. The lowest BCUT2D eigenvalue weighted by Crippen LogP contribution is -2.11. The van der Waals surface area contributed by atoms with Crippen LogP contribution in [0.5, 0.6) is 0 Å². The average Bonchev–Trinajstić information content (AvgIpc) is 2.69. The van der Waals surface area contributed by atoms with Crippen LogP contribution in [0.4, 0.5) is 17.1 Å². The van der Waals surface area contributed by atoms with Crippen molar-refractivity contribution in [2.24, 2.45) is 10.2 Å². The molecule has 0 aromatic heterocycles. The number of hydrogen-bond acceptors (Lipinski definition) is 3. The Hall–Kier alpha value is -3.24. The molecule has 0 atom stereocenters. The Morgan fingerprint density at radius 3 is 1.92 bits per heavy atom. The van der Waals surface area contributed by atoms with Crippen molar-refractivity contribution in [3.05, 3.63) is 95.5 Å². The van der Waals surface area contributed by atoms with Crippen molar-refractivity contribution in [1.29, 1.82) is 0 Å². The molecule has 26 heavy (non-hydrogen) atoms. The second kappa shape index (κ2) is 8.74. The molecule has 3 rings (SSSR count). The first kappa shape index (κ1) is 17.6. The molecule has 1 N–H and O–H groups in total. The molecule has 0 aliphatic rings. The Morgan fingerprint density at radius 2 is 1.31 bits per heavy atom. The van der Waals surface area contributed by atoms with Gasteiger partial charge in [-0.15, -0.1) is 0 Å². The van der Waals surface area contributed by atoms with E-state index in [2.05, 4.69) is 15.5 Å². The van der Waals surface area contributed by atoms with Gasteiger partial charge in [0, 0.05) is 5.69 Å². The number of carbonyl (C=O) groups excluding carboxylic acids is 1. The zero-order valence-corrected chi connectivity index (χ0v) is 14.6. The first-order valence-corrected chi connectivity index (χ1v) is 8.39. The highest BCUT2D eigenvalue weighted by atomic mass is 35.5. The highest BCUT2D eigenvalue weighted by Gasteiger charge is 2.07. The number of halogens is 1. The third-order valence-corrected chi connectivity index (χ3v) is 3.75. The zero-order valence-electron chi connectivity index (χ0n) is 13.8. The minimum Gasteiger partial charge on any atom is -0.321 e. The number of amides is 1. The predicted molar refractivity (Wildman–Crippen MR) is 106 cm³/mol. The summed E-state index contributed by atoms with van der Waals surface area (Å²) in [6, 6.07) is 26.0. The number of rotatable bonds is 5. The van der Waals surface area contributed by atoms with E-state index in [-0.39, 0.29) is 10.9 Å². The molecule has 1 amide bonds. The molecule has 3 aromatic rings. The maximum Gasteiger partial charge on any atom is 0.267 e. The van der Waals surface area contributed by atoms with Crippen LogP contribution in [0, 0.1) is 0 Å². The largest absolute Gasteiger partial charge is 0.321 e. The summed E-state index contributed by atoms with van der Waals surface area (Å²) >= 11 is 6.08. The Morgan fingerprint density at radius 1 is 0.769 bits per heavy atom. The number of azo groups is 1. The highest BCUT2D eigenvalue weighted by Crippen LogP contribution is 2.21. The van der Waals surface area contributed by atoms with E-state index in [1.54, 1.807) is 30.3 Å². The van der Waals surface area contributed by atoms with Crippen LogP contribution in [0.25, 0.3) is 6.08 Å². The number of benzene rings is 3. The number of anilines is 1. The van der Waals surface area contributed by atoms with Crippen molar-refractivity contribution in [1.82, 2.24) is 0 Å². The molecular formula is C21H16ClN3O. The van der Waals surface area contributed by atoms with E-state index in [9.17, 15) is 4.79 Å². The Kier molecular flexibility index (Phi) is 5.91. The minimum atomic E-state index is -0.366. The minimum absolute atomic E-state index is 0.115. The first-order valence-electron chi connectivity index (χ1n) is 8.01. The fourth-order valence-corrected chi connectivity index (χ4v) is 2.35. The summed E-state index contributed by atoms with van der Waals surface area (Å²) < 4.78 is 0. The van der Waals surface area contributed by atoms with E-state index >= 15 is 0 Å². The van der Waals surface area contributed by atoms with Gasteiger partial charge in [-0.1, -0.05) is 60.1 Å². The lowest BCUT2D eigenvalue weighted by atomic mass is 10.2. The summed E-state index contributed by atoms with van der Waals surface area (Å²) in [5, 5.41) is 11.2. The second-order valence-corrected chi connectivity index (χ2v) is 5.85. The lowest BCUT2D eigenvalue weighted by Gasteiger charge is -2.04. The number of nitrogens with one attached hydrogen (secondary N) is 1. The molecule has 128 valence electrons. The van der Waals surface area contributed by atoms with Gasteiger partial charge in [0.05, 0.1) is 11.4 Å². The van der Waals surface area contributed by atoms with Gasteiger partial charge in [-0.05, 0) is 48.0 Å². The fourth-order valence-electron chi connectivity index (χ4n) is 2.17. The molecule has 4 nitrogen and oxygen atoms in total. The van der Waals surface area contributed by atoms with Crippen LogP contribution in [-0.4, -0.2) is 5.91 Å². The first-order chi connectivity index (χ1) is 12.7. The summed E-state index contributed by atoms with van der Waals surface area (Å²) in [5.74, 6) is -0.366. The molecule has 0 radical (unpaired) electrons. The summed E-state index contributed by atoms with van der Waals surface area (Å²) in [4.78, 5) is 12.2. The van der Waals surface area contributed by atoms with E-state index in [4.69, 9.17) is 11.6 Å². The Bertz CT molecular complexity index is 920. The molecule has 0 heterocycles. The van der Waals surface area contributed by atoms with Gasteiger partial charge < -0.3 is 5.32 Å². The van der Waals surface area contributed by atoms with Gasteiger partial charge in [-0.3, -0.25) is 4.79 Å². The van der Waals surface area contributed by atoms with Crippen LogP contribution in [0.15, 0.2) is 100 Å². The molecule has 0 aliphatic carbocycles. The van der Waals surface area contributed by atoms with Gasteiger partial charge >= 0.3 is 0 Å². The van der Waals surface area contributed by atoms with Crippen LogP contribution in [-0.2, 0) is 4.79 Å².